The molecule has 0 aromatic heterocycles. The molecule has 2 aromatic carbocycles. The van der Waals surface area contributed by atoms with Gasteiger partial charge in [0.15, 0.2) is 0 Å². The van der Waals surface area contributed by atoms with Crippen LogP contribution >= 0.6 is 0 Å². The van der Waals surface area contributed by atoms with Crippen molar-refractivity contribution in [2.45, 2.75) is 0 Å². The van der Waals surface area contributed by atoms with Crippen molar-refractivity contribution in [1.82, 2.24) is 0 Å². The van der Waals surface area contributed by atoms with Gasteiger partial charge in [0.25, 0.3) is 0 Å². The zero-order valence-corrected chi connectivity index (χ0v) is 10.5. The molecule has 0 radical (unpaired) electrons. The van der Waals surface area contributed by atoms with Crippen molar-refractivity contribution in [3.05, 3.63) is 59.9 Å². The van der Waals surface area contributed by atoms with Gasteiger partial charge in [-0.2, -0.15) is 0 Å². The lowest BCUT2D eigenvalue weighted by Gasteiger charge is -2.11. The first-order chi connectivity index (χ1) is 9.56. The number of hydrogen-bond acceptors (Lipinski definition) is 2. The van der Waals surface area contributed by atoms with Gasteiger partial charge in [0.05, 0.1) is 5.69 Å². The number of nitrogens with two attached hydrogens (primary N) is 1. The van der Waals surface area contributed by atoms with Crippen molar-refractivity contribution in [2.75, 3.05) is 10.6 Å². The fourth-order valence-corrected chi connectivity index (χ4v) is 1.65. The Labute approximate surface area is 115 Å². The molecular formula is C14H13FN4O. The van der Waals surface area contributed by atoms with Crippen LogP contribution < -0.4 is 16.4 Å². The van der Waals surface area contributed by atoms with Crippen LogP contribution in [0.4, 0.5) is 20.6 Å². The first-order valence-electron chi connectivity index (χ1n) is 5.83. The molecule has 2 amide bonds. The minimum atomic E-state index is -0.524. The molecule has 20 heavy (non-hydrogen) atoms. The highest BCUT2D eigenvalue weighted by atomic mass is 19.1. The highest BCUT2D eigenvalue weighted by Crippen LogP contribution is 2.17. The van der Waals surface area contributed by atoms with Gasteiger partial charge in [-0.1, -0.05) is 18.2 Å². The molecule has 0 spiro atoms. The fourth-order valence-electron chi connectivity index (χ4n) is 1.65. The van der Waals surface area contributed by atoms with Crippen molar-refractivity contribution in [3.63, 3.8) is 0 Å². The predicted octanol–water partition coefficient (Wildman–Crippen LogP) is 2.75. The Morgan fingerprint density at radius 3 is 2.45 bits per heavy atom. The highest BCUT2D eigenvalue weighted by molar-refractivity contribution is 6.06. The van der Waals surface area contributed by atoms with E-state index in [4.69, 9.17) is 11.1 Å². The van der Waals surface area contributed by atoms with Gasteiger partial charge >= 0.3 is 6.03 Å². The van der Waals surface area contributed by atoms with Crippen LogP contribution in [0.2, 0.25) is 0 Å². The van der Waals surface area contributed by atoms with E-state index < -0.39 is 11.8 Å². The third-order valence-electron chi connectivity index (χ3n) is 2.55. The minimum absolute atomic E-state index is 0.133. The Balaban J connectivity index is 2.14. The summed E-state index contributed by atoms with van der Waals surface area (Å²) in [6.07, 6.45) is 0. The fraction of sp³-hybridized carbons (Fsp3) is 0. The van der Waals surface area contributed by atoms with Crippen LogP contribution in [0.5, 0.6) is 0 Å². The third-order valence-corrected chi connectivity index (χ3v) is 2.55. The van der Waals surface area contributed by atoms with Gasteiger partial charge in [-0.15, -0.1) is 0 Å². The number of benzene rings is 2. The molecular weight excluding hydrogens is 259 g/mol. The summed E-state index contributed by atoms with van der Waals surface area (Å²) in [6.45, 7) is 0. The van der Waals surface area contributed by atoms with Gasteiger partial charge in [0.2, 0.25) is 0 Å². The molecule has 0 saturated heterocycles. The van der Waals surface area contributed by atoms with E-state index in [2.05, 4.69) is 10.6 Å². The number of hydrogen-bond donors (Lipinski definition) is 4. The number of carbonyl (C=O) groups excluding carboxylic acids is 1. The van der Waals surface area contributed by atoms with E-state index >= 15 is 0 Å². The maximum absolute atomic E-state index is 13.1. The molecule has 0 fully saturated rings. The smallest absolute Gasteiger partial charge is 0.323 e. The van der Waals surface area contributed by atoms with Crippen molar-refractivity contribution < 1.29 is 9.18 Å². The number of anilines is 2. The van der Waals surface area contributed by atoms with Gasteiger partial charge in [-0.25, -0.2) is 9.18 Å². The topological polar surface area (TPSA) is 91.0 Å². The number of urea groups is 1. The van der Waals surface area contributed by atoms with Gasteiger partial charge < -0.3 is 16.4 Å². The number of amidine groups is 1. The van der Waals surface area contributed by atoms with E-state index in [9.17, 15) is 9.18 Å². The second-order valence-corrected chi connectivity index (χ2v) is 4.05. The van der Waals surface area contributed by atoms with E-state index in [0.29, 0.717) is 5.69 Å². The third kappa shape index (κ3) is 3.32. The summed E-state index contributed by atoms with van der Waals surface area (Å²) in [6, 6.07) is 12.0. The number of carbonyl (C=O) groups is 1. The summed E-state index contributed by atoms with van der Waals surface area (Å²) in [4.78, 5) is 11.8. The van der Waals surface area contributed by atoms with E-state index in [-0.39, 0.29) is 17.1 Å². The Bertz CT molecular complexity index is 643. The van der Waals surface area contributed by atoms with Crippen LogP contribution in [0.1, 0.15) is 5.56 Å². The van der Waals surface area contributed by atoms with Gasteiger partial charge in [-0.3, -0.25) is 5.41 Å². The lowest BCUT2D eigenvalue weighted by atomic mass is 10.1. The SMILES string of the molecule is N=C(N)c1cc(F)ccc1NC(=O)Nc1ccccc1. The molecule has 0 saturated carbocycles. The Morgan fingerprint density at radius 2 is 1.80 bits per heavy atom. The number of amides is 2. The van der Waals surface area contributed by atoms with Crippen LogP contribution in [0.3, 0.4) is 0 Å². The monoisotopic (exact) mass is 272 g/mol. The highest BCUT2D eigenvalue weighted by Gasteiger charge is 2.10. The quantitative estimate of drug-likeness (QED) is 0.511. The summed E-state index contributed by atoms with van der Waals surface area (Å²) in [5.74, 6) is -0.844. The van der Waals surface area contributed by atoms with Crippen LogP contribution in [0, 0.1) is 11.2 Å². The summed E-state index contributed by atoms with van der Waals surface area (Å²) >= 11 is 0. The predicted molar refractivity (Wildman–Crippen MR) is 76.5 cm³/mol. The average molecular weight is 272 g/mol. The normalized spacial score (nSPS) is 9.85. The number of rotatable bonds is 3. The van der Waals surface area contributed by atoms with Gasteiger partial charge in [0.1, 0.15) is 11.7 Å². The summed E-state index contributed by atoms with van der Waals surface area (Å²) in [5, 5.41) is 12.5. The molecule has 102 valence electrons. The molecule has 6 heteroatoms. The van der Waals surface area contributed by atoms with Crippen molar-refractivity contribution >= 4 is 23.2 Å². The Hall–Kier alpha value is -2.89. The minimum Gasteiger partial charge on any atom is -0.384 e. The molecule has 0 aliphatic carbocycles. The lowest BCUT2D eigenvalue weighted by molar-refractivity contribution is 0.262. The number of halogens is 1. The van der Waals surface area contributed by atoms with Crippen LogP contribution in [-0.2, 0) is 0 Å². The second kappa shape index (κ2) is 5.83. The maximum Gasteiger partial charge on any atom is 0.323 e. The first kappa shape index (κ1) is 13.5. The zero-order chi connectivity index (χ0) is 14.5. The number of nitrogens with one attached hydrogen (secondary N) is 3. The van der Waals surface area contributed by atoms with Crippen LogP contribution in [0.25, 0.3) is 0 Å². The molecule has 0 unspecified atom stereocenters. The van der Waals surface area contributed by atoms with Crippen LogP contribution in [0.15, 0.2) is 48.5 Å². The molecule has 2 rings (SSSR count). The average Bonchev–Trinajstić information content (AvgIpc) is 2.41. The van der Waals surface area contributed by atoms with Crippen LogP contribution in [-0.4, -0.2) is 11.9 Å². The molecule has 0 bridgehead atoms. The van der Waals surface area contributed by atoms with E-state index in [0.717, 1.165) is 6.07 Å². The van der Waals surface area contributed by atoms with Crippen molar-refractivity contribution in [1.29, 1.82) is 5.41 Å². The zero-order valence-electron chi connectivity index (χ0n) is 10.5. The summed E-state index contributed by atoms with van der Waals surface area (Å²) < 4.78 is 13.1. The molecule has 5 N–H and O–H groups in total. The number of para-hydroxylation sites is 1. The molecule has 0 heterocycles. The number of nitrogen functional groups attached to an aromatic ring is 1. The largest absolute Gasteiger partial charge is 0.384 e. The molecule has 0 aliphatic heterocycles. The van der Waals surface area contributed by atoms with E-state index in [1.54, 1.807) is 24.3 Å². The Kier molecular flexibility index (Phi) is 3.95. The van der Waals surface area contributed by atoms with E-state index in [1.165, 1.54) is 12.1 Å². The molecule has 0 aliphatic rings. The van der Waals surface area contributed by atoms with Crippen molar-refractivity contribution in [2.24, 2.45) is 5.73 Å². The molecule has 5 nitrogen and oxygen atoms in total. The standard InChI is InChI=1S/C14H13FN4O/c15-9-6-7-12(11(8-9)13(16)17)19-14(20)18-10-4-2-1-3-5-10/h1-8H,(H3,16,17)(H2,18,19,20). The van der Waals surface area contributed by atoms with Gasteiger partial charge in [0, 0.05) is 11.3 Å². The summed E-state index contributed by atoms with van der Waals surface area (Å²) in [7, 11) is 0. The van der Waals surface area contributed by atoms with Gasteiger partial charge in [-0.05, 0) is 30.3 Å². The second-order valence-electron chi connectivity index (χ2n) is 4.05. The first-order valence-corrected chi connectivity index (χ1v) is 5.83. The molecule has 2 aromatic rings. The maximum atomic E-state index is 13.1. The van der Waals surface area contributed by atoms with Crippen molar-refractivity contribution in [3.8, 4) is 0 Å². The Morgan fingerprint density at radius 1 is 1.10 bits per heavy atom. The lowest BCUT2D eigenvalue weighted by Crippen LogP contribution is -2.22. The molecule has 0 atom stereocenters. The summed E-state index contributed by atoms with van der Waals surface area (Å²) in [5.41, 5.74) is 6.38. The van der Waals surface area contributed by atoms with E-state index in [1.807, 2.05) is 6.07 Å².